The van der Waals surface area contributed by atoms with E-state index in [-0.39, 0.29) is 11.8 Å². The van der Waals surface area contributed by atoms with Crippen molar-refractivity contribution < 1.29 is 4.79 Å². The van der Waals surface area contributed by atoms with Crippen LogP contribution in [0.15, 0.2) is 0 Å². The van der Waals surface area contributed by atoms with E-state index in [9.17, 15) is 4.79 Å². The third kappa shape index (κ3) is 2.99. The average Bonchev–Trinajstić information content (AvgIpc) is 2.18. The quantitative estimate of drug-likeness (QED) is 0.684. The number of hydrogen-bond acceptors (Lipinski definition) is 2. The third-order valence-corrected chi connectivity index (χ3v) is 2.72. The Hall–Kier alpha value is -0.570. The number of hydrogen-bond donors (Lipinski definition) is 2. The van der Waals surface area contributed by atoms with Gasteiger partial charge in [-0.2, -0.15) is 0 Å². The van der Waals surface area contributed by atoms with Gasteiger partial charge < -0.3 is 10.6 Å². The van der Waals surface area contributed by atoms with E-state index >= 15 is 0 Å². The predicted octanol–water partition coefficient (Wildman–Crippen LogP) is 0.901. The Morgan fingerprint density at radius 2 is 2.38 bits per heavy atom. The van der Waals surface area contributed by atoms with Crippen LogP contribution in [0.4, 0.5) is 0 Å². The standard InChI is InChI=1S/C10H20N2O/c1-3-11-10(13)8(2)9-6-4-5-7-12-9/h8-9,12H,3-7H2,1-2H3,(H,11,13)/t8-,9+/m1/s1. The molecule has 3 heteroatoms. The highest BCUT2D eigenvalue weighted by atomic mass is 16.1. The summed E-state index contributed by atoms with van der Waals surface area (Å²) < 4.78 is 0. The number of amides is 1. The monoisotopic (exact) mass is 184 g/mol. The fourth-order valence-electron chi connectivity index (χ4n) is 1.82. The summed E-state index contributed by atoms with van der Waals surface area (Å²) in [6.07, 6.45) is 3.64. The second-order valence-electron chi connectivity index (χ2n) is 3.74. The number of piperidine rings is 1. The van der Waals surface area contributed by atoms with Gasteiger partial charge in [-0.1, -0.05) is 13.3 Å². The highest BCUT2D eigenvalue weighted by Gasteiger charge is 2.24. The molecule has 1 heterocycles. The summed E-state index contributed by atoms with van der Waals surface area (Å²) in [4.78, 5) is 11.5. The van der Waals surface area contributed by atoms with Gasteiger partial charge in [0.2, 0.25) is 5.91 Å². The molecule has 0 aromatic carbocycles. The zero-order valence-corrected chi connectivity index (χ0v) is 8.60. The molecule has 1 saturated heterocycles. The Balaban J connectivity index is 2.35. The molecule has 0 spiro atoms. The molecule has 1 rings (SSSR count). The largest absolute Gasteiger partial charge is 0.356 e. The van der Waals surface area contributed by atoms with E-state index < -0.39 is 0 Å². The smallest absolute Gasteiger partial charge is 0.224 e. The van der Waals surface area contributed by atoms with Crippen LogP contribution >= 0.6 is 0 Å². The second kappa shape index (κ2) is 5.22. The van der Waals surface area contributed by atoms with Crippen LogP contribution in [0.25, 0.3) is 0 Å². The Morgan fingerprint density at radius 1 is 1.62 bits per heavy atom. The van der Waals surface area contributed by atoms with Gasteiger partial charge in [-0.25, -0.2) is 0 Å². The molecule has 1 aliphatic rings. The Kier molecular flexibility index (Phi) is 4.22. The molecule has 0 aromatic heterocycles. The van der Waals surface area contributed by atoms with E-state index in [4.69, 9.17) is 0 Å². The fourth-order valence-corrected chi connectivity index (χ4v) is 1.82. The second-order valence-corrected chi connectivity index (χ2v) is 3.74. The van der Waals surface area contributed by atoms with Crippen molar-refractivity contribution >= 4 is 5.91 Å². The van der Waals surface area contributed by atoms with Crippen molar-refractivity contribution in [2.75, 3.05) is 13.1 Å². The van der Waals surface area contributed by atoms with Crippen LogP contribution in [0.3, 0.4) is 0 Å². The topological polar surface area (TPSA) is 41.1 Å². The van der Waals surface area contributed by atoms with Crippen molar-refractivity contribution in [3.8, 4) is 0 Å². The molecule has 0 radical (unpaired) electrons. The summed E-state index contributed by atoms with van der Waals surface area (Å²) >= 11 is 0. The van der Waals surface area contributed by atoms with E-state index in [1.807, 2.05) is 13.8 Å². The van der Waals surface area contributed by atoms with Crippen LogP contribution in [-0.4, -0.2) is 25.0 Å². The first kappa shape index (κ1) is 10.5. The summed E-state index contributed by atoms with van der Waals surface area (Å²) in [5.74, 6) is 0.294. The summed E-state index contributed by atoms with van der Waals surface area (Å²) in [5, 5.41) is 6.26. The van der Waals surface area contributed by atoms with Gasteiger partial charge >= 0.3 is 0 Å². The maximum atomic E-state index is 11.5. The average molecular weight is 184 g/mol. The molecule has 0 aliphatic carbocycles. The van der Waals surface area contributed by atoms with Crippen molar-refractivity contribution in [3.05, 3.63) is 0 Å². The van der Waals surface area contributed by atoms with Gasteiger partial charge in [0.1, 0.15) is 0 Å². The fraction of sp³-hybridized carbons (Fsp3) is 0.900. The Bertz CT molecular complexity index is 164. The highest BCUT2D eigenvalue weighted by molar-refractivity contribution is 5.78. The first-order chi connectivity index (χ1) is 6.25. The molecule has 0 unspecified atom stereocenters. The van der Waals surface area contributed by atoms with Crippen LogP contribution in [0, 0.1) is 5.92 Å². The minimum absolute atomic E-state index is 0.111. The summed E-state index contributed by atoms with van der Waals surface area (Å²) in [7, 11) is 0. The van der Waals surface area contributed by atoms with Gasteiger partial charge in [0.25, 0.3) is 0 Å². The van der Waals surface area contributed by atoms with Gasteiger partial charge in [-0.3, -0.25) is 4.79 Å². The molecule has 0 bridgehead atoms. The van der Waals surface area contributed by atoms with Crippen molar-refractivity contribution in [2.45, 2.75) is 39.2 Å². The van der Waals surface area contributed by atoms with E-state index in [0.717, 1.165) is 19.5 Å². The molecule has 1 fully saturated rings. The van der Waals surface area contributed by atoms with Gasteiger partial charge in [0.05, 0.1) is 5.92 Å². The van der Waals surface area contributed by atoms with Crippen LogP contribution in [0.5, 0.6) is 0 Å². The number of carbonyl (C=O) groups is 1. The van der Waals surface area contributed by atoms with Crippen LogP contribution in [0.1, 0.15) is 33.1 Å². The molecule has 1 amide bonds. The van der Waals surface area contributed by atoms with Gasteiger partial charge in [-0.15, -0.1) is 0 Å². The summed E-state index contributed by atoms with van der Waals surface area (Å²) in [6.45, 7) is 5.76. The van der Waals surface area contributed by atoms with Crippen molar-refractivity contribution in [3.63, 3.8) is 0 Å². The summed E-state index contributed by atoms with van der Waals surface area (Å²) in [5.41, 5.74) is 0. The third-order valence-electron chi connectivity index (χ3n) is 2.72. The molecule has 76 valence electrons. The molecule has 13 heavy (non-hydrogen) atoms. The number of nitrogens with one attached hydrogen (secondary N) is 2. The molecule has 0 saturated carbocycles. The van der Waals surface area contributed by atoms with Crippen molar-refractivity contribution in [1.82, 2.24) is 10.6 Å². The first-order valence-electron chi connectivity index (χ1n) is 5.26. The molecule has 3 nitrogen and oxygen atoms in total. The van der Waals surface area contributed by atoms with Gasteiger partial charge in [-0.05, 0) is 26.3 Å². The van der Waals surface area contributed by atoms with Crippen LogP contribution in [-0.2, 0) is 4.79 Å². The van der Waals surface area contributed by atoms with Crippen molar-refractivity contribution in [1.29, 1.82) is 0 Å². The minimum Gasteiger partial charge on any atom is -0.356 e. The van der Waals surface area contributed by atoms with E-state index in [2.05, 4.69) is 10.6 Å². The van der Waals surface area contributed by atoms with Crippen LogP contribution in [0.2, 0.25) is 0 Å². The number of rotatable bonds is 3. The molecule has 2 N–H and O–H groups in total. The first-order valence-corrected chi connectivity index (χ1v) is 5.26. The molecule has 1 aliphatic heterocycles. The van der Waals surface area contributed by atoms with E-state index in [1.54, 1.807) is 0 Å². The highest BCUT2D eigenvalue weighted by Crippen LogP contribution is 2.14. The zero-order valence-electron chi connectivity index (χ0n) is 8.60. The van der Waals surface area contributed by atoms with E-state index in [1.165, 1.54) is 12.8 Å². The summed E-state index contributed by atoms with van der Waals surface area (Å²) in [6, 6.07) is 0.389. The normalized spacial score (nSPS) is 25.2. The Labute approximate surface area is 80.3 Å². The molecule has 2 atom stereocenters. The molecular weight excluding hydrogens is 164 g/mol. The predicted molar refractivity (Wildman–Crippen MR) is 53.5 cm³/mol. The Morgan fingerprint density at radius 3 is 2.92 bits per heavy atom. The molecular formula is C10H20N2O. The van der Waals surface area contributed by atoms with Gasteiger partial charge in [0, 0.05) is 12.6 Å². The lowest BCUT2D eigenvalue weighted by molar-refractivity contribution is -0.125. The van der Waals surface area contributed by atoms with Gasteiger partial charge in [0.15, 0.2) is 0 Å². The minimum atomic E-state index is 0.111. The SMILES string of the molecule is CCNC(=O)[C@H](C)[C@@H]1CCCCN1. The lowest BCUT2D eigenvalue weighted by atomic mass is 9.93. The maximum Gasteiger partial charge on any atom is 0.224 e. The van der Waals surface area contributed by atoms with E-state index in [0.29, 0.717) is 6.04 Å². The van der Waals surface area contributed by atoms with Crippen molar-refractivity contribution in [2.24, 2.45) is 5.92 Å². The zero-order chi connectivity index (χ0) is 9.68. The lowest BCUT2D eigenvalue weighted by Crippen LogP contribution is -2.45. The molecule has 0 aromatic rings. The lowest BCUT2D eigenvalue weighted by Gasteiger charge is -2.28. The van der Waals surface area contributed by atoms with Crippen LogP contribution < -0.4 is 10.6 Å². The number of carbonyl (C=O) groups excluding carboxylic acids is 1. The maximum absolute atomic E-state index is 11.5.